The van der Waals surface area contributed by atoms with E-state index in [-0.39, 0.29) is 11.4 Å². The molecule has 9 atom stereocenters. The number of rotatable bonds is 11. The Hall–Kier alpha value is -2.33. The van der Waals surface area contributed by atoms with Crippen LogP contribution in [-0.2, 0) is 15.1 Å². The van der Waals surface area contributed by atoms with Crippen LogP contribution in [0.15, 0.2) is 48.5 Å². The number of esters is 1. The minimum atomic E-state index is -0.272. The molecule has 4 saturated carbocycles. The van der Waals surface area contributed by atoms with Crippen LogP contribution in [-0.4, -0.2) is 12.6 Å². The largest absolute Gasteiger partial charge is 0.427 e. The van der Waals surface area contributed by atoms with Crippen molar-refractivity contribution in [2.45, 2.75) is 131 Å². The molecule has 2 aromatic carbocycles. The van der Waals surface area contributed by atoms with Crippen LogP contribution in [0, 0.1) is 52.3 Å². The van der Waals surface area contributed by atoms with Gasteiger partial charge in [0.2, 0.25) is 0 Å². The highest BCUT2D eigenvalue weighted by atomic mass is 17.2. The van der Waals surface area contributed by atoms with E-state index in [4.69, 9.17) is 14.5 Å². The fraction of sp³-hybridized carbons (Fsp3) is 0.698. The van der Waals surface area contributed by atoms with Crippen LogP contribution in [0.5, 0.6) is 11.5 Å². The summed E-state index contributed by atoms with van der Waals surface area (Å²) in [7, 11) is 0. The normalized spacial score (nSPS) is 35.4. The van der Waals surface area contributed by atoms with E-state index in [0.717, 1.165) is 54.1 Å². The summed E-state index contributed by atoms with van der Waals surface area (Å²) in [6, 6.07) is 17.0. The fourth-order valence-electron chi connectivity index (χ4n) is 12.0. The molecule has 2 aromatic rings. The highest BCUT2D eigenvalue weighted by molar-refractivity contribution is 5.69. The van der Waals surface area contributed by atoms with Crippen molar-refractivity contribution in [3.8, 4) is 11.5 Å². The average Bonchev–Trinajstić information content (AvgIpc) is 3.41. The Kier molecular flexibility index (Phi) is 10.2. The van der Waals surface area contributed by atoms with Crippen LogP contribution in [0.1, 0.15) is 137 Å². The molecule has 0 bridgehead atoms. The zero-order valence-electron chi connectivity index (χ0n) is 30.5. The number of fused-ring (bicyclic) bond motifs is 5. The third-order valence-electron chi connectivity index (χ3n) is 14.3. The van der Waals surface area contributed by atoms with E-state index >= 15 is 0 Å². The first-order chi connectivity index (χ1) is 22.5. The number of hydrogen-bond acceptors (Lipinski definition) is 4. The quantitative estimate of drug-likeness (QED) is 0.106. The van der Waals surface area contributed by atoms with Crippen molar-refractivity contribution in [2.24, 2.45) is 52.3 Å². The molecule has 0 saturated heterocycles. The smallest absolute Gasteiger partial charge is 0.308 e. The second-order valence-electron chi connectivity index (χ2n) is 17.1. The molecule has 0 aliphatic heterocycles. The highest BCUT2D eigenvalue weighted by Gasteiger charge is 2.62. The van der Waals surface area contributed by atoms with E-state index in [2.05, 4.69) is 77.1 Å². The van der Waals surface area contributed by atoms with Gasteiger partial charge in [0.05, 0.1) is 6.61 Å². The Morgan fingerprint density at radius 3 is 2.32 bits per heavy atom. The predicted molar refractivity (Wildman–Crippen MR) is 190 cm³/mol. The van der Waals surface area contributed by atoms with Gasteiger partial charge in [0, 0.05) is 12.3 Å². The molecule has 0 aromatic heterocycles. The molecule has 4 nitrogen and oxygen atoms in total. The van der Waals surface area contributed by atoms with Gasteiger partial charge in [-0.1, -0.05) is 78.1 Å². The Balaban J connectivity index is 1.25. The molecule has 0 N–H and O–H groups in total. The van der Waals surface area contributed by atoms with Gasteiger partial charge in [-0.3, -0.25) is 4.79 Å². The van der Waals surface area contributed by atoms with E-state index < -0.39 is 0 Å². The van der Waals surface area contributed by atoms with E-state index in [1.165, 1.54) is 82.3 Å². The SMILES string of the molecule is CCOOc1ccc(C2(c3cccc(OC(C)=O)c3)CCC3(C)C(CCC4C3CCC3(C)C(C(C)CCCC(C)C)CCC43)C2)cc1. The Bertz CT molecular complexity index is 1370. The van der Waals surface area contributed by atoms with E-state index in [0.29, 0.717) is 29.1 Å². The zero-order valence-corrected chi connectivity index (χ0v) is 30.5. The molecule has 258 valence electrons. The van der Waals surface area contributed by atoms with Gasteiger partial charge in [-0.25, -0.2) is 0 Å². The minimum absolute atomic E-state index is 0.135. The van der Waals surface area contributed by atoms with Gasteiger partial charge in [-0.2, -0.15) is 4.89 Å². The van der Waals surface area contributed by atoms with Gasteiger partial charge in [0.25, 0.3) is 0 Å². The maximum atomic E-state index is 11.9. The van der Waals surface area contributed by atoms with Gasteiger partial charge in [0.1, 0.15) is 5.75 Å². The van der Waals surface area contributed by atoms with Crippen molar-refractivity contribution in [3.05, 3.63) is 59.7 Å². The van der Waals surface area contributed by atoms with Crippen molar-refractivity contribution < 1.29 is 19.3 Å². The molecule has 4 aliphatic carbocycles. The third kappa shape index (κ3) is 6.54. The van der Waals surface area contributed by atoms with Crippen LogP contribution in [0.3, 0.4) is 0 Å². The van der Waals surface area contributed by atoms with Gasteiger partial charge in [-0.15, -0.1) is 0 Å². The van der Waals surface area contributed by atoms with E-state index in [1.807, 2.05) is 13.0 Å². The Morgan fingerprint density at radius 2 is 1.60 bits per heavy atom. The molecular weight excluding hydrogens is 580 g/mol. The van der Waals surface area contributed by atoms with Crippen LogP contribution >= 0.6 is 0 Å². The third-order valence-corrected chi connectivity index (χ3v) is 14.3. The van der Waals surface area contributed by atoms with Crippen molar-refractivity contribution in [3.63, 3.8) is 0 Å². The van der Waals surface area contributed by atoms with Gasteiger partial charge >= 0.3 is 5.97 Å². The standard InChI is InChI=1S/C43H62O4/c1-8-45-47-35-18-15-32(16-19-35)43(33-13-10-14-36(27-33)46-31(5)44)26-25-41(6)34(28-43)17-20-37-39-22-21-38(30(4)12-9-11-29(2)3)42(39,7)24-23-40(37)41/h10,13-16,18-19,27,29-30,34,37-40H,8-9,11-12,17,20-26,28H2,1-7H3. The van der Waals surface area contributed by atoms with Crippen LogP contribution in [0.2, 0.25) is 0 Å². The molecule has 4 heteroatoms. The second kappa shape index (κ2) is 13.9. The van der Waals surface area contributed by atoms with Crippen molar-refractivity contribution >= 4 is 5.97 Å². The Labute approximate surface area is 285 Å². The van der Waals surface area contributed by atoms with E-state index in [1.54, 1.807) is 0 Å². The number of ether oxygens (including phenoxy) is 1. The summed E-state index contributed by atoms with van der Waals surface area (Å²) >= 11 is 0. The second-order valence-corrected chi connectivity index (χ2v) is 17.1. The average molecular weight is 643 g/mol. The molecule has 4 fully saturated rings. The van der Waals surface area contributed by atoms with Gasteiger partial charge < -0.3 is 9.62 Å². The highest BCUT2D eigenvalue weighted by Crippen LogP contribution is 2.70. The first-order valence-corrected chi connectivity index (χ1v) is 19.2. The lowest BCUT2D eigenvalue weighted by molar-refractivity contribution is -0.202. The number of carbonyl (C=O) groups excluding carboxylic acids is 1. The molecular formula is C43H62O4. The minimum Gasteiger partial charge on any atom is -0.427 e. The Morgan fingerprint density at radius 1 is 0.830 bits per heavy atom. The first-order valence-electron chi connectivity index (χ1n) is 19.2. The maximum absolute atomic E-state index is 11.9. The summed E-state index contributed by atoms with van der Waals surface area (Å²) in [5, 5.41) is 0. The predicted octanol–water partition coefficient (Wildman–Crippen LogP) is 11.3. The van der Waals surface area contributed by atoms with Crippen LogP contribution < -0.4 is 9.62 Å². The van der Waals surface area contributed by atoms with Crippen LogP contribution in [0.25, 0.3) is 0 Å². The van der Waals surface area contributed by atoms with Gasteiger partial charge in [0.15, 0.2) is 5.75 Å². The van der Waals surface area contributed by atoms with Crippen LogP contribution in [0.4, 0.5) is 0 Å². The molecule has 6 rings (SSSR count). The van der Waals surface area contributed by atoms with Crippen molar-refractivity contribution in [1.29, 1.82) is 0 Å². The first kappa shape index (κ1) is 34.5. The lowest BCUT2D eigenvalue weighted by Crippen LogP contribution is -2.55. The summed E-state index contributed by atoms with van der Waals surface area (Å²) in [5.74, 6) is 6.98. The molecule has 9 unspecified atom stereocenters. The lowest BCUT2D eigenvalue weighted by Gasteiger charge is -2.63. The van der Waals surface area contributed by atoms with Gasteiger partial charge in [-0.05, 0) is 152 Å². The topological polar surface area (TPSA) is 44.8 Å². The summed E-state index contributed by atoms with van der Waals surface area (Å²) in [4.78, 5) is 22.7. The summed E-state index contributed by atoms with van der Waals surface area (Å²) in [6.45, 7) is 16.7. The van der Waals surface area contributed by atoms with Crippen molar-refractivity contribution in [1.82, 2.24) is 0 Å². The number of carbonyl (C=O) groups is 1. The zero-order chi connectivity index (χ0) is 33.4. The molecule has 0 amide bonds. The van der Waals surface area contributed by atoms with E-state index in [9.17, 15) is 4.79 Å². The fourth-order valence-corrected chi connectivity index (χ4v) is 12.0. The lowest BCUT2D eigenvalue weighted by atomic mass is 9.42. The summed E-state index contributed by atoms with van der Waals surface area (Å²) in [5.41, 5.74) is 3.36. The molecule has 4 aliphatic rings. The molecule has 0 heterocycles. The monoisotopic (exact) mass is 642 g/mol. The summed E-state index contributed by atoms with van der Waals surface area (Å²) < 4.78 is 5.62. The molecule has 0 spiro atoms. The molecule has 0 radical (unpaired) electrons. The maximum Gasteiger partial charge on any atom is 0.308 e. The number of hydrogen-bond donors (Lipinski definition) is 0. The number of benzene rings is 2. The van der Waals surface area contributed by atoms with Crippen molar-refractivity contribution in [2.75, 3.05) is 6.61 Å². The summed E-state index contributed by atoms with van der Waals surface area (Å²) in [6.07, 6.45) is 16.2. The molecule has 47 heavy (non-hydrogen) atoms.